The van der Waals surface area contributed by atoms with Crippen molar-refractivity contribution in [1.82, 2.24) is 9.78 Å². The van der Waals surface area contributed by atoms with Crippen LogP contribution in [0.1, 0.15) is 50.5 Å². The van der Waals surface area contributed by atoms with E-state index in [2.05, 4.69) is 5.10 Å². The van der Waals surface area contributed by atoms with Crippen LogP contribution in [0.5, 0.6) is 5.75 Å². The van der Waals surface area contributed by atoms with E-state index in [9.17, 15) is 9.59 Å². The van der Waals surface area contributed by atoms with Gasteiger partial charge in [-0.1, -0.05) is 23.7 Å². The molecule has 0 unspecified atom stereocenters. The Balaban J connectivity index is 2.09. The Kier molecular flexibility index (Phi) is 6.08. The standard InChI is InChI=1S/C19H23ClN2O4/c1-12(2)26-18(24)14-8-6-13(7-9-14)11-25-15-10-21-22(19(3,4)5)17(23)16(15)20/h6-10,12H,11H2,1-5H3. The predicted octanol–water partition coefficient (Wildman–Crippen LogP) is 3.80. The average molecular weight is 379 g/mol. The first-order valence-corrected chi connectivity index (χ1v) is 8.68. The summed E-state index contributed by atoms with van der Waals surface area (Å²) in [6, 6.07) is 6.85. The summed E-state index contributed by atoms with van der Waals surface area (Å²) in [5.41, 5.74) is 0.417. The van der Waals surface area contributed by atoms with Gasteiger partial charge in [-0.2, -0.15) is 5.10 Å². The van der Waals surface area contributed by atoms with E-state index in [0.717, 1.165) is 5.56 Å². The molecule has 0 atom stereocenters. The molecule has 0 aliphatic heterocycles. The first kappa shape index (κ1) is 20.0. The number of rotatable bonds is 5. The molecule has 0 radical (unpaired) electrons. The molecule has 1 aromatic heterocycles. The number of carbonyl (C=O) groups is 1. The van der Waals surface area contributed by atoms with Crippen molar-refractivity contribution < 1.29 is 14.3 Å². The molecule has 0 saturated carbocycles. The molecule has 0 spiro atoms. The van der Waals surface area contributed by atoms with Gasteiger partial charge in [0.1, 0.15) is 6.61 Å². The average Bonchev–Trinajstić information content (AvgIpc) is 2.55. The molecule has 0 aliphatic rings. The van der Waals surface area contributed by atoms with Gasteiger partial charge in [-0.25, -0.2) is 9.48 Å². The van der Waals surface area contributed by atoms with Crippen molar-refractivity contribution in [2.45, 2.75) is 52.9 Å². The minimum absolute atomic E-state index is 0.00736. The summed E-state index contributed by atoms with van der Waals surface area (Å²) in [6.45, 7) is 9.38. The van der Waals surface area contributed by atoms with Crippen molar-refractivity contribution >= 4 is 17.6 Å². The Morgan fingerprint density at radius 3 is 2.38 bits per heavy atom. The monoisotopic (exact) mass is 378 g/mol. The molecular formula is C19H23ClN2O4. The highest BCUT2D eigenvalue weighted by Gasteiger charge is 2.20. The number of hydrogen-bond acceptors (Lipinski definition) is 5. The van der Waals surface area contributed by atoms with Crippen molar-refractivity contribution in [3.05, 3.63) is 57.0 Å². The molecule has 0 amide bonds. The normalized spacial score (nSPS) is 11.5. The smallest absolute Gasteiger partial charge is 0.338 e. The molecule has 2 rings (SSSR count). The minimum Gasteiger partial charge on any atom is -0.485 e. The van der Waals surface area contributed by atoms with Gasteiger partial charge >= 0.3 is 5.97 Å². The highest BCUT2D eigenvalue weighted by molar-refractivity contribution is 6.31. The van der Waals surface area contributed by atoms with Crippen LogP contribution in [0.15, 0.2) is 35.3 Å². The fourth-order valence-corrected chi connectivity index (χ4v) is 2.36. The molecule has 0 bridgehead atoms. The lowest BCUT2D eigenvalue weighted by atomic mass is 10.1. The lowest BCUT2D eigenvalue weighted by Crippen LogP contribution is -2.36. The van der Waals surface area contributed by atoms with Gasteiger partial charge in [-0.15, -0.1) is 0 Å². The van der Waals surface area contributed by atoms with E-state index < -0.39 is 11.1 Å². The van der Waals surface area contributed by atoms with E-state index >= 15 is 0 Å². The summed E-state index contributed by atoms with van der Waals surface area (Å²) in [5, 5.41) is 4.11. The summed E-state index contributed by atoms with van der Waals surface area (Å²) in [4.78, 5) is 24.1. The van der Waals surface area contributed by atoms with Gasteiger partial charge in [-0.05, 0) is 52.3 Å². The number of benzene rings is 1. The minimum atomic E-state index is -0.473. The predicted molar refractivity (Wildman–Crippen MR) is 99.8 cm³/mol. The quantitative estimate of drug-likeness (QED) is 0.740. The number of aromatic nitrogens is 2. The first-order valence-electron chi connectivity index (χ1n) is 8.30. The highest BCUT2D eigenvalue weighted by Crippen LogP contribution is 2.22. The SMILES string of the molecule is CC(C)OC(=O)c1ccc(COc2cnn(C(C)(C)C)c(=O)c2Cl)cc1. The summed E-state index contributed by atoms with van der Waals surface area (Å²) in [5.74, 6) is -0.147. The van der Waals surface area contributed by atoms with Crippen molar-refractivity contribution in [2.24, 2.45) is 0 Å². The second-order valence-corrected chi connectivity index (χ2v) is 7.53. The highest BCUT2D eigenvalue weighted by atomic mass is 35.5. The molecule has 7 heteroatoms. The number of carbonyl (C=O) groups excluding carboxylic acids is 1. The van der Waals surface area contributed by atoms with Crippen molar-refractivity contribution in [2.75, 3.05) is 0 Å². The third-order valence-electron chi connectivity index (χ3n) is 3.45. The number of esters is 1. The zero-order valence-corrected chi connectivity index (χ0v) is 16.3. The molecule has 0 N–H and O–H groups in total. The molecule has 1 heterocycles. The van der Waals surface area contributed by atoms with Crippen LogP contribution in [0.25, 0.3) is 0 Å². The molecule has 0 aliphatic carbocycles. The molecule has 140 valence electrons. The van der Waals surface area contributed by atoms with E-state index in [-0.39, 0.29) is 29.5 Å². The molecule has 0 saturated heterocycles. The van der Waals surface area contributed by atoms with Gasteiger partial charge in [0.15, 0.2) is 10.8 Å². The van der Waals surface area contributed by atoms with E-state index in [4.69, 9.17) is 21.1 Å². The fourth-order valence-electron chi connectivity index (χ4n) is 2.18. The Hall–Kier alpha value is -2.34. The molecular weight excluding hydrogens is 356 g/mol. The van der Waals surface area contributed by atoms with Crippen LogP contribution < -0.4 is 10.3 Å². The molecule has 1 aromatic carbocycles. The van der Waals surface area contributed by atoms with Crippen LogP contribution in [0.3, 0.4) is 0 Å². The van der Waals surface area contributed by atoms with Crippen LogP contribution in [-0.4, -0.2) is 21.9 Å². The number of halogens is 1. The summed E-state index contributed by atoms with van der Waals surface area (Å²) >= 11 is 6.13. The van der Waals surface area contributed by atoms with Gasteiger partial charge in [0.05, 0.1) is 23.4 Å². The summed E-state index contributed by atoms with van der Waals surface area (Å²) in [6.07, 6.45) is 1.26. The molecule has 0 fully saturated rings. The van der Waals surface area contributed by atoms with Crippen LogP contribution in [-0.2, 0) is 16.9 Å². The van der Waals surface area contributed by atoms with Gasteiger partial charge in [0.2, 0.25) is 0 Å². The topological polar surface area (TPSA) is 70.4 Å². The number of nitrogens with zero attached hydrogens (tertiary/aromatic N) is 2. The third kappa shape index (κ3) is 4.85. The summed E-state index contributed by atoms with van der Waals surface area (Å²) < 4.78 is 12.1. The Morgan fingerprint density at radius 1 is 1.23 bits per heavy atom. The Bertz CT molecular complexity index is 836. The Labute approximate surface area is 157 Å². The number of hydrogen-bond donors (Lipinski definition) is 0. The van der Waals surface area contributed by atoms with Crippen molar-refractivity contribution in [3.8, 4) is 5.75 Å². The van der Waals surface area contributed by atoms with Gasteiger partial charge in [-0.3, -0.25) is 4.79 Å². The van der Waals surface area contributed by atoms with Gasteiger partial charge in [0, 0.05) is 0 Å². The van der Waals surface area contributed by atoms with E-state index in [0.29, 0.717) is 5.56 Å². The zero-order chi connectivity index (χ0) is 19.5. The van der Waals surface area contributed by atoms with E-state index in [1.807, 2.05) is 20.8 Å². The van der Waals surface area contributed by atoms with E-state index in [1.165, 1.54) is 10.9 Å². The lowest BCUT2D eigenvalue weighted by molar-refractivity contribution is 0.0378. The second-order valence-electron chi connectivity index (χ2n) is 7.15. The number of ether oxygens (including phenoxy) is 2. The van der Waals surface area contributed by atoms with Crippen molar-refractivity contribution in [1.29, 1.82) is 0 Å². The van der Waals surface area contributed by atoms with Gasteiger partial charge in [0.25, 0.3) is 5.56 Å². The largest absolute Gasteiger partial charge is 0.485 e. The maximum Gasteiger partial charge on any atom is 0.338 e. The van der Waals surface area contributed by atoms with Crippen LogP contribution in [0.2, 0.25) is 5.02 Å². The van der Waals surface area contributed by atoms with E-state index in [1.54, 1.807) is 38.1 Å². The maximum atomic E-state index is 12.3. The second kappa shape index (κ2) is 7.91. The molecule has 26 heavy (non-hydrogen) atoms. The molecule has 2 aromatic rings. The maximum absolute atomic E-state index is 12.3. The van der Waals surface area contributed by atoms with Crippen LogP contribution in [0, 0.1) is 0 Å². The van der Waals surface area contributed by atoms with Gasteiger partial charge < -0.3 is 9.47 Å². The molecule has 6 nitrogen and oxygen atoms in total. The Morgan fingerprint density at radius 2 is 1.85 bits per heavy atom. The van der Waals surface area contributed by atoms with Crippen LogP contribution >= 0.6 is 11.6 Å². The van der Waals surface area contributed by atoms with Crippen molar-refractivity contribution in [3.63, 3.8) is 0 Å². The van der Waals surface area contributed by atoms with Crippen LogP contribution in [0.4, 0.5) is 0 Å². The third-order valence-corrected chi connectivity index (χ3v) is 3.80. The zero-order valence-electron chi connectivity index (χ0n) is 15.6. The lowest BCUT2D eigenvalue weighted by Gasteiger charge is -2.21. The summed E-state index contributed by atoms with van der Waals surface area (Å²) in [7, 11) is 0. The first-order chi connectivity index (χ1) is 12.1. The fraction of sp³-hybridized carbons (Fsp3) is 0.421.